The van der Waals surface area contributed by atoms with Gasteiger partial charge in [0.2, 0.25) is 0 Å². The maximum Gasteiger partial charge on any atom is 0.195 e. The molecule has 0 bridgehead atoms. The zero-order chi connectivity index (χ0) is 14.1. The van der Waals surface area contributed by atoms with Crippen LogP contribution in [-0.4, -0.2) is 19.7 Å². The number of hydrogen-bond acceptors (Lipinski definition) is 3. The van der Waals surface area contributed by atoms with Crippen molar-refractivity contribution in [3.63, 3.8) is 0 Å². The van der Waals surface area contributed by atoms with Crippen molar-refractivity contribution in [2.45, 2.75) is 20.4 Å². The molecule has 20 heavy (non-hydrogen) atoms. The van der Waals surface area contributed by atoms with E-state index in [0.29, 0.717) is 10.7 Å². The molecule has 0 unspecified atom stereocenters. The van der Waals surface area contributed by atoms with Crippen molar-refractivity contribution >= 4 is 23.1 Å². The quantitative estimate of drug-likeness (QED) is 0.744. The minimum atomic E-state index is 0.506. The van der Waals surface area contributed by atoms with Crippen molar-refractivity contribution in [1.82, 2.24) is 19.7 Å². The number of nitrogens with zero attached hydrogens (tertiary/aromatic N) is 3. The first-order valence-corrected chi connectivity index (χ1v) is 7.07. The number of nitrogens with one attached hydrogen (secondary N) is 1. The molecule has 0 amide bonds. The van der Waals surface area contributed by atoms with Crippen LogP contribution in [0.15, 0.2) is 36.5 Å². The standard InChI is InChI=1S/C15H16N4S/c1-10(2)9-19-14(17-18-15(19)20)12-7-8-16-13-6-4-3-5-11(12)13/h3-8,10H,9H2,1-2H3,(H,18,20). The van der Waals surface area contributed by atoms with Gasteiger partial charge in [-0.1, -0.05) is 32.0 Å². The van der Waals surface area contributed by atoms with Gasteiger partial charge >= 0.3 is 0 Å². The first-order chi connectivity index (χ1) is 9.66. The van der Waals surface area contributed by atoms with Crippen LogP contribution in [0.5, 0.6) is 0 Å². The summed E-state index contributed by atoms with van der Waals surface area (Å²) in [6.45, 7) is 5.19. The van der Waals surface area contributed by atoms with E-state index >= 15 is 0 Å². The van der Waals surface area contributed by atoms with Crippen LogP contribution in [0, 0.1) is 10.7 Å². The lowest BCUT2D eigenvalue weighted by molar-refractivity contribution is 0.521. The molecule has 0 saturated carbocycles. The van der Waals surface area contributed by atoms with Crippen LogP contribution in [0.1, 0.15) is 13.8 Å². The number of aromatic amines is 1. The maximum absolute atomic E-state index is 5.34. The third-order valence-corrected chi connectivity index (χ3v) is 3.51. The molecule has 4 nitrogen and oxygen atoms in total. The van der Waals surface area contributed by atoms with Gasteiger partial charge in [-0.2, -0.15) is 5.10 Å². The summed E-state index contributed by atoms with van der Waals surface area (Å²) in [7, 11) is 0. The smallest absolute Gasteiger partial charge is 0.195 e. The highest BCUT2D eigenvalue weighted by Crippen LogP contribution is 2.26. The highest BCUT2D eigenvalue weighted by Gasteiger charge is 2.13. The lowest BCUT2D eigenvalue weighted by Gasteiger charge is -2.10. The molecule has 0 atom stereocenters. The fourth-order valence-corrected chi connectivity index (χ4v) is 2.56. The van der Waals surface area contributed by atoms with Crippen LogP contribution in [-0.2, 0) is 6.54 Å². The van der Waals surface area contributed by atoms with Gasteiger partial charge in [0.15, 0.2) is 10.6 Å². The van der Waals surface area contributed by atoms with Crippen LogP contribution in [0.2, 0.25) is 0 Å². The Labute approximate surface area is 122 Å². The molecular formula is C15H16N4S. The minimum Gasteiger partial charge on any atom is -0.300 e. The summed E-state index contributed by atoms with van der Waals surface area (Å²) in [6, 6.07) is 10.1. The molecule has 0 spiro atoms. The van der Waals surface area contributed by atoms with Gasteiger partial charge in [-0.15, -0.1) is 0 Å². The summed E-state index contributed by atoms with van der Waals surface area (Å²) in [5.41, 5.74) is 2.03. The number of pyridine rings is 1. The van der Waals surface area contributed by atoms with Crippen LogP contribution >= 0.6 is 12.2 Å². The van der Waals surface area contributed by atoms with E-state index in [2.05, 4.69) is 39.7 Å². The van der Waals surface area contributed by atoms with Gasteiger partial charge in [0.25, 0.3) is 0 Å². The summed E-state index contributed by atoms with van der Waals surface area (Å²) in [5, 5.41) is 8.40. The van der Waals surface area contributed by atoms with Crippen LogP contribution in [0.25, 0.3) is 22.3 Å². The van der Waals surface area contributed by atoms with Crippen molar-refractivity contribution in [3.05, 3.63) is 41.3 Å². The molecule has 0 radical (unpaired) electrons. The molecule has 3 aromatic rings. The maximum atomic E-state index is 5.34. The Morgan fingerprint density at radius 3 is 2.85 bits per heavy atom. The summed E-state index contributed by atoms with van der Waals surface area (Å²) in [5.74, 6) is 1.38. The van der Waals surface area contributed by atoms with Crippen molar-refractivity contribution < 1.29 is 0 Å². The first kappa shape index (κ1) is 13.0. The molecule has 0 saturated heterocycles. The number of rotatable bonds is 3. The Balaban J connectivity index is 2.24. The number of aromatic nitrogens is 4. The SMILES string of the molecule is CC(C)Cn1c(-c2ccnc3ccccc23)n[nH]c1=S. The molecule has 0 fully saturated rings. The second-order valence-electron chi connectivity index (χ2n) is 5.23. The van der Waals surface area contributed by atoms with E-state index in [1.54, 1.807) is 0 Å². The van der Waals surface area contributed by atoms with Crippen LogP contribution < -0.4 is 0 Å². The zero-order valence-corrected chi connectivity index (χ0v) is 12.3. The minimum absolute atomic E-state index is 0.506. The van der Waals surface area contributed by atoms with Crippen molar-refractivity contribution in [3.8, 4) is 11.4 Å². The molecule has 2 heterocycles. The Hall–Kier alpha value is -2.01. The van der Waals surface area contributed by atoms with E-state index in [9.17, 15) is 0 Å². The van der Waals surface area contributed by atoms with Gasteiger partial charge in [0.05, 0.1) is 5.52 Å². The van der Waals surface area contributed by atoms with Crippen molar-refractivity contribution in [2.75, 3.05) is 0 Å². The Morgan fingerprint density at radius 1 is 1.25 bits per heavy atom. The molecule has 3 rings (SSSR count). The van der Waals surface area contributed by atoms with Crippen LogP contribution in [0.4, 0.5) is 0 Å². The predicted molar refractivity (Wildman–Crippen MR) is 83.0 cm³/mol. The second-order valence-corrected chi connectivity index (χ2v) is 5.62. The molecular weight excluding hydrogens is 268 g/mol. The molecule has 5 heteroatoms. The van der Waals surface area contributed by atoms with Gasteiger partial charge < -0.3 is 0 Å². The largest absolute Gasteiger partial charge is 0.300 e. The fraction of sp³-hybridized carbons (Fsp3) is 0.267. The number of benzene rings is 1. The van der Waals surface area contributed by atoms with Crippen LogP contribution in [0.3, 0.4) is 0 Å². The van der Waals surface area contributed by atoms with Gasteiger partial charge in [-0.05, 0) is 30.3 Å². The van der Waals surface area contributed by atoms with E-state index in [0.717, 1.165) is 28.8 Å². The summed E-state index contributed by atoms with van der Waals surface area (Å²) < 4.78 is 2.72. The third kappa shape index (κ3) is 2.25. The number of para-hydroxylation sites is 1. The zero-order valence-electron chi connectivity index (χ0n) is 11.5. The summed E-state index contributed by atoms with van der Waals surface area (Å²) >= 11 is 5.34. The lowest BCUT2D eigenvalue weighted by Crippen LogP contribution is -2.06. The first-order valence-electron chi connectivity index (χ1n) is 6.66. The van der Waals surface area contributed by atoms with E-state index in [4.69, 9.17) is 12.2 Å². The summed E-state index contributed by atoms with van der Waals surface area (Å²) in [6.07, 6.45) is 1.81. The molecule has 0 aliphatic rings. The summed E-state index contributed by atoms with van der Waals surface area (Å²) in [4.78, 5) is 4.39. The van der Waals surface area contributed by atoms with Gasteiger partial charge in [0.1, 0.15) is 0 Å². The van der Waals surface area contributed by atoms with E-state index in [-0.39, 0.29) is 0 Å². The van der Waals surface area contributed by atoms with Crippen molar-refractivity contribution in [1.29, 1.82) is 0 Å². The Kier molecular flexibility index (Phi) is 3.36. The van der Waals surface area contributed by atoms with E-state index in [1.165, 1.54) is 0 Å². The van der Waals surface area contributed by atoms with Gasteiger partial charge in [-0.25, -0.2) is 0 Å². The molecule has 0 aliphatic heterocycles. The topological polar surface area (TPSA) is 46.5 Å². The molecule has 1 N–H and O–H groups in total. The predicted octanol–water partition coefficient (Wildman–Crippen LogP) is 3.81. The normalized spacial score (nSPS) is 11.3. The van der Waals surface area contributed by atoms with Gasteiger partial charge in [0, 0.05) is 23.7 Å². The lowest BCUT2D eigenvalue weighted by atomic mass is 10.1. The number of H-pyrrole nitrogens is 1. The number of hydrogen-bond donors (Lipinski definition) is 1. The van der Waals surface area contributed by atoms with Crippen molar-refractivity contribution in [2.24, 2.45) is 5.92 Å². The highest BCUT2D eigenvalue weighted by molar-refractivity contribution is 7.71. The molecule has 0 aliphatic carbocycles. The van der Waals surface area contributed by atoms with E-state index in [1.807, 2.05) is 30.5 Å². The monoisotopic (exact) mass is 284 g/mol. The second kappa shape index (κ2) is 5.17. The molecule has 102 valence electrons. The fourth-order valence-electron chi connectivity index (χ4n) is 2.35. The molecule has 2 aromatic heterocycles. The highest BCUT2D eigenvalue weighted by atomic mass is 32.1. The number of fused-ring (bicyclic) bond motifs is 1. The Bertz CT molecular complexity index is 795. The average molecular weight is 284 g/mol. The average Bonchev–Trinajstić information content (AvgIpc) is 2.79. The Morgan fingerprint density at radius 2 is 2.05 bits per heavy atom. The molecule has 1 aromatic carbocycles. The van der Waals surface area contributed by atoms with E-state index < -0.39 is 0 Å². The van der Waals surface area contributed by atoms with Gasteiger partial charge in [-0.3, -0.25) is 14.6 Å². The third-order valence-electron chi connectivity index (χ3n) is 3.20.